The van der Waals surface area contributed by atoms with Crippen LogP contribution in [-0.4, -0.2) is 39.2 Å². The molecule has 0 spiro atoms. The minimum Gasteiger partial charge on any atom is -0.468 e. The number of ether oxygens (including phenoxy) is 2. The van der Waals surface area contributed by atoms with Crippen LogP contribution in [0.5, 0.6) is 0 Å². The molecule has 1 saturated carbocycles. The number of para-hydroxylation sites is 1. The van der Waals surface area contributed by atoms with Crippen LogP contribution in [0.4, 0.5) is 5.69 Å². The van der Waals surface area contributed by atoms with Crippen molar-refractivity contribution in [3.8, 4) is 0 Å². The van der Waals surface area contributed by atoms with Gasteiger partial charge in [-0.2, -0.15) is 0 Å². The molecule has 1 heterocycles. The lowest BCUT2D eigenvalue weighted by Gasteiger charge is -2.38. The SMILES string of the molecule is COC(=O)C1(C(=O)OC)C[C@@H](/C=C/c2ccccc2)[C@@]2(C)c3ccccc3N(C)[C@@H]12. The Balaban J connectivity index is 1.91. The van der Waals surface area contributed by atoms with E-state index in [0.29, 0.717) is 6.42 Å². The zero-order chi connectivity index (χ0) is 21.5. The zero-order valence-electron chi connectivity index (χ0n) is 17.8. The molecule has 0 amide bonds. The summed E-state index contributed by atoms with van der Waals surface area (Å²) in [6, 6.07) is 17.7. The Morgan fingerprint density at radius 1 is 1.00 bits per heavy atom. The minimum atomic E-state index is -1.41. The fourth-order valence-electron chi connectivity index (χ4n) is 5.74. The van der Waals surface area contributed by atoms with E-state index in [4.69, 9.17) is 9.47 Å². The molecule has 0 N–H and O–H groups in total. The number of likely N-dealkylation sites (N-methyl/N-ethyl adjacent to an activating group) is 1. The van der Waals surface area contributed by atoms with E-state index in [1.54, 1.807) is 0 Å². The van der Waals surface area contributed by atoms with E-state index < -0.39 is 28.8 Å². The van der Waals surface area contributed by atoms with Crippen LogP contribution in [-0.2, 0) is 24.5 Å². The summed E-state index contributed by atoms with van der Waals surface area (Å²) in [5.74, 6) is -1.14. The minimum absolute atomic E-state index is 0.0630. The van der Waals surface area contributed by atoms with Gasteiger partial charge in [0.25, 0.3) is 0 Å². The van der Waals surface area contributed by atoms with Crippen LogP contribution in [0.2, 0.25) is 0 Å². The molecule has 2 aromatic carbocycles. The molecule has 0 saturated heterocycles. The van der Waals surface area contributed by atoms with Crippen molar-refractivity contribution in [2.45, 2.75) is 24.8 Å². The summed E-state index contributed by atoms with van der Waals surface area (Å²) < 4.78 is 10.4. The van der Waals surface area contributed by atoms with Gasteiger partial charge in [-0.15, -0.1) is 0 Å². The van der Waals surface area contributed by atoms with Crippen LogP contribution in [0, 0.1) is 11.3 Å². The van der Waals surface area contributed by atoms with Crippen LogP contribution in [0.1, 0.15) is 24.5 Å². The lowest BCUT2D eigenvalue weighted by Crippen LogP contribution is -2.56. The molecule has 1 fully saturated rings. The highest BCUT2D eigenvalue weighted by atomic mass is 16.5. The average Bonchev–Trinajstić information content (AvgIpc) is 3.19. The van der Waals surface area contributed by atoms with Crippen LogP contribution < -0.4 is 4.90 Å². The molecule has 2 aromatic rings. The summed E-state index contributed by atoms with van der Waals surface area (Å²) in [6.45, 7) is 2.15. The van der Waals surface area contributed by atoms with Crippen molar-refractivity contribution in [2.75, 3.05) is 26.2 Å². The number of rotatable bonds is 4. The van der Waals surface area contributed by atoms with E-state index in [0.717, 1.165) is 16.8 Å². The first-order chi connectivity index (χ1) is 14.4. The van der Waals surface area contributed by atoms with Gasteiger partial charge in [0, 0.05) is 18.2 Å². The molecule has 5 heteroatoms. The van der Waals surface area contributed by atoms with Crippen LogP contribution in [0.25, 0.3) is 6.08 Å². The van der Waals surface area contributed by atoms with Crippen LogP contribution in [0.15, 0.2) is 60.7 Å². The molecular formula is C25H27NO4. The van der Waals surface area contributed by atoms with Gasteiger partial charge in [0.05, 0.1) is 20.3 Å². The lowest BCUT2D eigenvalue weighted by atomic mass is 9.71. The highest BCUT2D eigenvalue weighted by molar-refractivity contribution is 6.03. The summed E-state index contributed by atoms with van der Waals surface area (Å²) in [5, 5.41) is 0. The quantitative estimate of drug-likeness (QED) is 0.572. The Morgan fingerprint density at radius 2 is 1.60 bits per heavy atom. The van der Waals surface area contributed by atoms with E-state index in [9.17, 15) is 9.59 Å². The number of carbonyl (C=O) groups excluding carboxylic acids is 2. The average molecular weight is 405 g/mol. The number of esters is 2. The van der Waals surface area contributed by atoms with Gasteiger partial charge in [0.2, 0.25) is 0 Å². The largest absolute Gasteiger partial charge is 0.468 e. The molecule has 2 aliphatic rings. The highest BCUT2D eigenvalue weighted by Gasteiger charge is 2.72. The predicted molar refractivity (Wildman–Crippen MR) is 116 cm³/mol. The van der Waals surface area contributed by atoms with Gasteiger partial charge < -0.3 is 14.4 Å². The van der Waals surface area contributed by atoms with Gasteiger partial charge >= 0.3 is 11.9 Å². The third kappa shape index (κ3) is 2.61. The third-order valence-electron chi connectivity index (χ3n) is 7.02. The molecule has 0 aromatic heterocycles. The second kappa shape index (κ2) is 7.31. The Morgan fingerprint density at radius 3 is 2.23 bits per heavy atom. The van der Waals surface area contributed by atoms with Crippen molar-refractivity contribution in [3.63, 3.8) is 0 Å². The first-order valence-electron chi connectivity index (χ1n) is 10.1. The summed E-state index contributed by atoms with van der Waals surface area (Å²) in [4.78, 5) is 28.4. The molecule has 0 unspecified atom stereocenters. The number of hydrogen-bond donors (Lipinski definition) is 0. The second-order valence-electron chi connectivity index (χ2n) is 8.35. The highest BCUT2D eigenvalue weighted by Crippen LogP contribution is 2.63. The van der Waals surface area contributed by atoms with E-state index in [-0.39, 0.29) is 5.92 Å². The number of fused-ring (bicyclic) bond motifs is 3. The maximum absolute atomic E-state index is 13.2. The zero-order valence-corrected chi connectivity index (χ0v) is 17.8. The standard InChI is InChI=1S/C25H27NO4/c1-24-18(15-14-17-10-6-5-7-11-17)16-25(22(27)29-3,23(28)30-4)21(24)26(2)20-13-9-8-12-19(20)24/h5-15,18,21H,16H2,1-4H3/b15-14+/t18-,21-,24+/m1/s1. The van der Waals surface area contributed by atoms with Crippen molar-refractivity contribution in [2.24, 2.45) is 11.3 Å². The molecule has 4 rings (SSSR count). The van der Waals surface area contributed by atoms with Gasteiger partial charge in [-0.25, -0.2) is 0 Å². The van der Waals surface area contributed by atoms with Crippen LogP contribution in [0.3, 0.4) is 0 Å². The summed E-state index contributed by atoms with van der Waals surface area (Å²) in [7, 11) is 4.61. The van der Waals surface area contributed by atoms with Crippen molar-refractivity contribution < 1.29 is 19.1 Å². The maximum Gasteiger partial charge on any atom is 0.325 e. The maximum atomic E-state index is 13.2. The Bertz CT molecular complexity index is 983. The second-order valence-corrected chi connectivity index (χ2v) is 8.35. The number of methoxy groups -OCH3 is 2. The summed E-state index contributed by atoms with van der Waals surface area (Å²) in [6.07, 6.45) is 4.53. The number of hydrogen-bond acceptors (Lipinski definition) is 5. The van der Waals surface area contributed by atoms with Gasteiger partial charge in [-0.1, -0.05) is 67.6 Å². The van der Waals surface area contributed by atoms with Crippen molar-refractivity contribution in [1.29, 1.82) is 0 Å². The number of carbonyl (C=O) groups is 2. The number of anilines is 1. The molecule has 1 aliphatic heterocycles. The van der Waals surface area contributed by atoms with Gasteiger partial charge in [0.1, 0.15) is 0 Å². The predicted octanol–water partition coefficient (Wildman–Crippen LogP) is 3.83. The van der Waals surface area contributed by atoms with Gasteiger partial charge in [0.15, 0.2) is 5.41 Å². The van der Waals surface area contributed by atoms with E-state index in [1.807, 2.05) is 55.6 Å². The normalized spacial score (nSPS) is 26.3. The first-order valence-corrected chi connectivity index (χ1v) is 10.1. The molecule has 3 atom stereocenters. The van der Waals surface area contributed by atoms with Crippen LogP contribution >= 0.6 is 0 Å². The van der Waals surface area contributed by atoms with E-state index in [1.165, 1.54) is 14.2 Å². The topological polar surface area (TPSA) is 55.8 Å². The molecule has 5 nitrogen and oxygen atoms in total. The number of nitrogens with zero attached hydrogens (tertiary/aromatic N) is 1. The monoisotopic (exact) mass is 405 g/mol. The molecule has 1 aliphatic carbocycles. The number of allylic oxidation sites excluding steroid dienone is 1. The first kappa shape index (κ1) is 20.2. The van der Waals surface area contributed by atoms with Crippen molar-refractivity contribution in [1.82, 2.24) is 0 Å². The van der Waals surface area contributed by atoms with Crippen molar-refractivity contribution >= 4 is 23.7 Å². The van der Waals surface area contributed by atoms with E-state index >= 15 is 0 Å². The van der Waals surface area contributed by atoms with E-state index in [2.05, 4.69) is 30.0 Å². The fraction of sp³-hybridized carbons (Fsp3) is 0.360. The smallest absolute Gasteiger partial charge is 0.325 e. The molecule has 0 radical (unpaired) electrons. The molecule has 0 bridgehead atoms. The summed E-state index contributed by atoms with van der Waals surface area (Å²) >= 11 is 0. The number of benzene rings is 2. The Hall–Kier alpha value is -3.08. The molecule has 30 heavy (non-hydrogen) atoms. The lowest BCUT2D eigenvalue weighted by molar-refractivity contribution is -0.170. The molecular weight excluding hydrogens is 378 g/mol. The van der Waals surface area contributed by atoms with Gasteiger partial charge in [-0.05, 0) is 29.5 Å². The van der Waals surface area contributed by atoms with Gasteiger partial charge in [-0.3, -0.25) is 9.59 Å². The third-order valence-corrected chi connectivity index (χ3v) is 7.02. The summed E-state index contributed by atoms with van der Waals surface area (Å²) in [5.41, 5.74) is 1.37. The Kier molecular flexibility index (Phi) is 4.92. The molecule has 156 valence electrons. The Labute approximate surface area is 177 Å². The van der Waals surface area contributed by atoms with Crippen molar-refractivity contribution in [3.05, 3.63) is 71.8 Å². The fourth-order valence-corrected chi connectivity index (χ4v) is 5.74.